The lowest BCUT2D eigenvalue weighted by Crippen LogP contribution is -2.14. The summed E-state index contributed by atoms with van der Waals surface area (Å²) in [6, 6.07) is 14.0. The lowest BCUT2D eigenvalue weighted by Gasteiger charge is -2.08. The van der Waals surface area contributed by atoms with Crippen LogP contribution in [0.15, 0.2) is 48.5 Å². The van der Waals surface area contributed by atoms with E-state index in [9.17, 15) is 9.59 Å². The summed E-state index contributed by atoms with van der Waals surface area (Å²) in [5.74, 6) is 0.235. The third kappa shape index (κ3) is 3.87. The van der Waals surface area contributed by atoms with E-state index in [1.807, 2.05) is 24.3 Å². The molecule has 0 spiro atoms. The Bertz CT molecular complexity index is 1030. The molecule has 7 heteroatoms. The average molecular weight is 362 g/mol. The average Bonchev–Trinajstić information content (AvgIpc) is 3.52. The lowest BCUT2D eigenvalue weighted by atomic mass is 10.2. The van der Waals surface area contributed by atoms with E-state index < -0.39 is 5.97 Å². The number of esters is 1. The number of anilines is 2. The predicted molar refractivity (Wildman–Crippen MR) is 101 cm³/mol. The number of hydrogen-bond donors (Lipinski definition) is 2. The number of aromatic nitrogens is 2. The Morgan fingerprint density at radius 2 is 1.93 bits per heavy atom. The molecule has 27 heavy (non-hydrogen) atoms. The zero-order valence-electron chi connectivity index (χ0n) is 14.5. The van der Waals surface area contributed by atoms with Gasteiger partial charge in [0.2, 0.25) is 5.91 Å². The molecule has 4 rings (SSSR count). The molecular weight excluding hydrogens is 344 g/mol. The van der Waals surface area contributed by atoms with Gasteiger partial charge in [0.1, 0.15) is 5.82 Å². The number of carbonyl (C=O) groups is 2. The Kier molecular flexibility index (Phi) is 4.42. The molecule has 1 aliphatic carbocycles. The van der Waals surface area contributed by atoms with Crippen LogP contribution in [-0.2, 0) is 16.1 Å². The number of hydrogen-bond acceptors (Lipinski definition) is 6. The topological polar surface area (TPSA) is 107 Å². The summed E-state index contributed by atoms with van der Waals surface area (Å²) in [6.07, 6.45) is 1.84. The SMILES string of the molecule is Nc1nc(COC(=O)c2cccc(NC(=O)C3CC3)c2)nc2ccccc12. The Morgan fingerprint density at radius 1 is 1.11 bits per heavy atom. The van der Waals surface area contributed by atoms with E-state index in [1.54, 1.807) is 24.3 Å². The van der Waals surface area contributed by atoms with Gasteiger partial charge in [0.05, 0.1) is 11.1 Å². The van der Waals surface area contributed by atoms with E-state index >= 15 is 0 Å². The van der Waals surface area contributed by atoms with E-state index in [1.165, 1.54) is 0 Å². The molecule has 7 nitrogen and oxygen atoms in total. The van der Waals surface area contributed by atoms with Crippen molar-refractivity contribution in [2.75, 3.05) is 11.1 Å². The maximum Gasteiger partial charge on any atom is 0.338 e. The number of nitrogen functional groups attached to an aromatic ring is 1. The second kappa shape index (κ2) is 7.03. The molecule has 0 atom stereocenters. The molecule has 0 aliphatic heterocycles. The molecule has 0 bridgehead atoms. The number of benzene rings is 2. The highest BCUT2D eigenvalue weighted by atomic mass is 16.5. The highest BCUT2D eigenvalue weighted by Crippen LogP contribution is 2.30. The van der Waals surface area contributed by atoms with Crippen LogP contribution in [0.25, 0.3) is 10.9 Å². The van der Waals surface area contributed by atoms with Crippen molar-refractivity contribution in [2.24, 2.45) is 5.92 Å². The minimum absolute atomic E-state index is 0.0134. The molecule has 136 valence electrons. The van der Waals surface area contributed by atoms with Gasteiger partial charge in [0, 0.05) is 17.0 Å². The Morgan fingerprint density at radius 3 is 2.74 bits per heavy atom. The monoisotopic (exact) mass is 362 g/mol. The van der Waals surface area contributed by atoms with Gasteiger partial charge < -0.3 is 15.8 Å². The fourth-order valence-electron chi connectivity index (χ4n) is 2.74. The molecule has 1 heterocycles. The number of amides is 1. The number of ether oxygens (including phenoxy) is 1. The van der Waals surface area contributed by atoms with Gasteiger partial charge in [0.25, 0.3) is 0 Å². The quantitative estimate of drug-likeness (QED) is 0.676. The van der Waals surface area contributed by atoms with Crippen LogP contribution < -0.4 is 11.1 Å². The van der Waals surface area contributed by atoms with Crippen molar-refractivity contribution in [1.82, 2.24) is 9.97 Å². The van der Waals surface area contributed by atoms with Crippen LogP contribution in [0.3, 0.4) is 0 Å². The molecule has 2 aromatic carbocycles. The minimum atomic E-state index is -0.521. The van der Waals surface area contributed by atoms with Crippen molar-refractivity contribution in [1.29, 1.82) is 0 Å². The summed E-state index contributed by atoms with van der Waals surface area (Å²) in [5, 5.41) is 3.57. The van der Waals surface area contributed by atoms with Gasteiger partial charge in [-0.15, -0.1) is 0 Å². The molecule has 0 saturated heterocycles. The summed E-state index contributed by atoms with van der Waals surface area (Å²) < 4.78 is 5.31. The predicted octanol–water partition coefficient (Wildman–Crippen LogP) is 2.92. The first-order valence-electron chi connectivity index (χ1n) is 8.69. The highest BCUT2D eigenvalue weighted by molar-refractivity contribution is 5.96. The van der Waals surface area contributed by atoms with Crippen LogP contribution in [0, 0.1) is 5.92 Å². The zero-order valence-corrected chi connectivity index (χ0v) is 14.5. The fourth-order valence-corrected chi connectivity index (χ4v) is 2.74. The molecule has 1 aliphatic rings. The largest absolute Gasteiger partial charge is 0.454 e. The van der Waals surface area contributed by atoms with Gasteiger partial charge in [-0.1, -0.05) is 18.2 Å². The molecule has 1 fully saturated rings. The van der Waals surface area contributed by atoms with Crippen LogP contribution in [0.4, 0.5) is 11.5 Å². The van der Waals surface area contributed by atoms with Gasteiger partial charge in [-0.05, 0) is 43.2 Å². The van der Waals surface area contributed by atoms with Crippen molar-refractivity contribution in [3.05, 3.63) is 59.9 Å². The van der Waals surface area contributed by atoms with Gasteiger partial charge in [0.15, 0.2) is 12.4 Å². The summed E-state index contributed by atoms with van der Waals surface area (Å²) in [5.41, 5.74) is 7.55. The van der Waals surface area contributed by atoms with Gasteiger partial charge >= 0.3 is 5.97 Å². The number of nitrogens with two attached hydrogens (primary N) is 1. The number of rotatable bonds is 5. The number of nitrogens with one attached hydrogen (secondary N) is 1. The first-order valence-corrected chi connectivity index (χ1v) is 8.69. The first-order chi connectivity index (χ1) is 13.1. The van der Waals surface area contributed by atoms with Crippen molar-refractivity contribution < 1.29 is 14.3 Å². The normalized spacial score (nSPS) is 13.3. The number of fused-ring (bicyclic) bond motifs is 1. The van der Waals surface area contributed by atoms with Crippen molar-refractivity contribution in [3.8, 4) is 0 Å². The molecular formula is C20H18N4O3. The smallest absolute Gasteiger partial charge is 0.338 e. The van der Waals surface area contributed by atoms with Crippen molar-refractivity contribution in [2.45, 2.75) is 19.4 Å². The second-order valence-electron chi connectivity index (χ2n) is 6.46. The van der Waals surface area contributed by atoms with Crippen LogP contribution in [0.1, 0.15) is 29.0 Å². The van der Waals surface area contributed by atoms with E-state index in [0.717, 1.165) is 18.2 Å². The first kappa shape index (κ1) is 17.0. The standard InChI is InChI=1S/C20H18N4O3/c21-18-15-6-1-2-7-16(15)23-17(24-18)11-27-20(26)13-4-3-5-14(10-13)22-19(25)12-8-9-12/h1-7,10,12H,8-9,11H2,(H,22,25)(H2,21,23,24). The van der Waals surface area contributed by atoms with Crippen LogP contribution in [0.5, 0.6) is 0 Å². The lowest BCUT2D eigenvalue weighted by molar-refractivity contribution is -0.117. The fraction of sp³-hybridized carbons (Fsp3) is 0.200. The molecule has 1 amide bonds. The summed E-state index contributed by atoms with van der Waals surface area (Å²) in [7, 11) is 0. The van der Waals surface area contributed by atoms with Crippen molar-refractivity contribution >= 4 is 34.3 Å². The van der Waals surface area contributed by atoms with Crippen molar-refractivity contribution in [3.63, 3.8) is 0 Å². The summed E-state index contributed by atoms with van der Waals surface area (Å²) in [6.45, 7) is -0.0907. The number of nitrogens with zero attached hydrogens (tertiary/aromatic N) is 2. The Labute approximate surface area is 155 Å². The minimum Gasteiger partial charge on any atom is -0.454 e. The molecule has 0 unspecified atom stereocenters. The van der Waals surface area contributed by atoms with E-state index in [-0.39, 0.29) is 18.4 Å². The maximum atomic E-state index is 12.3. The van der Waals surface area contributed by atoms with E-state index in [4.69, 9.17) is 10.5 Å². The van der Waals surface area contributed by atoms with Crippen LogP contribution in [-0.4, -0.2) is 21.8 Å². The molecule has 1 aromatic heterocycles. The summed E-state index contributed by atoms with van der Waals surface area (Å²) in [4.78, 5) is 32.7. The zero-order chi connectivity index (χ0) is 18.8. The number of carbonyl (C=O) groups excluding carboxylic acids is 2. The Hall–Kier alpha value is -3.48. The number of para-hydroxylation sites is 1. The third-order valence-corrected chi connectivity index (χ3v) is 4.33. The summed E-state index contributed by atoms with van der Waals surface area (Å²) >= 11 is 0. The maximum absolute atomic E-state index is 12.3. The van der Waals surface area contributed by atoms with E-state index in [0.29, 0.717) is 28.4 Å². The molecule has 3 N–H and O–H groups in total. The van der Waals surface area contributed by atoms with Crippen LogP contribution in [0.2, 0.25) is 0 Å². The third-order valence-electron chi connectivity index (χ3n) is 4.33. The second-order valence-corrected chi connectivity index (χ2v) is 6.46. The van der Waals surface area contributed by atoms with E-state index in [2.05, 4.69) is 15.3 Å². The van der Waals surface area contributed by atoms with Crippen LogP contribution >= 0.6 is 0 Å². The Balaban J connectivity index is 1.44. The van der Waals surface area contributed by atoms with Gasteiger partial charge in [-0.25, -0.2) is 14.8 Å². The van der Waals surface area contributed by atoms with Gasteiger partial charge in [-0.2, -0.15) is 0 Å². The van der Waals surface area contributed by atoms with Gasteiger partial charge in [-0.3, -0.25) is 4.79 Å². The molecule has 0 radical (unpaired) electrons. The highest BCUT2D eigenvalue weighted by Gasteiger charge is 2.29. The molecule has 3 aromatic rings. The molecule has 1 saturated carbocycles.